The summed E-state index contributed by atoms with van der Waals surface area (Å²) in [4.78, 5) is 0. The van der Waals surface area contributed by atoms with Crippen molar-refractivity contribution in [3.63, 3.8) is 0 Å². The van der Waals surface area contributed by atoms with Crippen molar-refractivity contribution >= 4 is 0 Å². The van der Waals surface area contributed by atoms with Crippen LogP contribution in [-0.2, 0) is 19.5 Å². The van der Waals surface area contributed by atoms with E-state index in [1.165, 1.54) is 11.1 Å². The summed E-state index contributed by atoms with van der Waals surface area (Å²) in [5, 5.41) is 0. The van der Waals surface area contributed by atoms with Crippen LogP contribution in [0.25, 0.3) is 0 Å². The molecule has 0 atom stereocenters. The molecule has 2 aliphatic carbocycles. The van der Waals surface area contributed by atoms with Gasteiger partial charge in [-0.2, -0.15) is 12.2 Å². The number of rotatable bonds is 2. The van der Waals surface area contributed by atoms with Crippen molar-refractivity contribution in [1.82, 2.24) is 0 Å². The third kappa shape index (κ3) is 5.89. The van der Waals surface area contributed by atoms with Gasteiger partial charge in [0.25, 0.3) is 0 Å². The second-order valence-electron chi connectivity index (χ2n) is 3.32. The predicted molar refractivity (Wildman–Crippen MR) is 61.6 cm³/mol. The molecule has 1 heteroatoms. The minimum atomic E-state index is 0. The molecule has 0 aliphatic heterocycles. The van der Waals surface area contributed by atoms with E-state index in [-0.39, 0.29) is 19.5 Å². The van der Waals surface area contributed by atoms with E-state index in [4.69, 9.17) is 0 Å². The first-order valence-corrected chi connectivity index (χ1v) is 5.39. The van der Waals surface area contributed by atoms with E-state index in [1.54, 1.807) is 0 Å². The van der Waals surface area contributed by atoms with E-state index in [2.05, 4.69) is 50.3 Å². The summed E-state index contributed by atoms with van der Waals surface area (Å²) in [7, 11) is 0. The van der Waals surface area contributed by atoms with Gasteiger partial charge >= 0.3 is 19.5 Å². The van der Waals surface area contributed by atoms with Crippen LogP contribution in [0.1, 0.15) is 39.5 Å². The Hall–Kier alpha value is -0.417. The van der Waals surface area contributed by atoms with Crippen molar-refractivity contribution in [2.45, 2.75) is 39.5 Å². The van der Waals surface area contributed by atoms with E-state index in [1.807, 2.05) is 0 Å². The molecule has 2 aliphatic rings. The van der Waals surface area contributed by atoms with E-state index >= 15 is 0 Å². The topological polar surface area (TPSA) is 0 Å². The molecular weight excluding hydrogens is 269 g/mol. The SMILES string of the molecule is CCC1=[C-]CC=C1.CCC1=[C-]CC=C1.[Ru+2]. The average Bonchev–Trinajstić information content (AvgIpc) is 2.92. The van der Waals surface area contributed by atoms with Crippen molar-refractivity contribution in [2.75, 3.05) is 0 Å². The summed E-state index contributed by atoms with van der Waals surface area (Å²) < 4.78 is 0. The van der Waals surface area contributed by atoms with Gasteiger partial charge < -0.3 is 0 Å². The van der Waals surface area contributed by atoms with Crippen molar-refractivity contribution in [3.05, 3.63) is 47.6 Å². The minimum absolute atomic E-state index is 0. The van der Waals surface area contributed by atoms with Crippen LogP contribution in [-0.4, -0.2) is 0 Å². The maximum Gasteiger partial charge on any atom is 2.00 e. The predicted octanol–water partition coefficient (Wildman–Crippen LogP) is 4.17. The quantitative estimate of drug-likeness (QED) is 0.528. The fourth-order valence-corrected chi connectivity index (χ4v) is 1.39. The Morgan fingerprint density at radius 1 is 0.933 bits per heavy atom. The molecule has 0 nitrogen and oxygen atoms in total. The van der Waals surface area contributed by atoms with E-state index < -0.39 is 0 Å². The Balaban J connectivity index is 0.000000245. The Morgan fingerprint density at radius 3 is 1.47 bits per heavy atom. The maximum atomic E-state index is 3.21. The van der Waals surface area contributed by atoms with Gasteiger partial charge in [-0.3, -0.25) is 12.2 Å². The number of allylic oxidation sites excluding steroid dienone is 8. The van der Waals surface area contributed by atoms with Gasteiger partial charge in [0.2, 0.25) is 0 Å². The van der Waals surface area contributed by atoms with E-state index in [9.17, 15) is 0 Å². The molecule has 0 unspecified atom stereocenters. The molecule has 82 valence electrons. The number of hydrogen-bond donors (Lipinski definition) is 0. The summed E-state index contributed by atoms with van der Waals surface area (Å²) in [6, 6.07) is 0. The summed E-state index contributed by atoms with van der Waals surface area (Å²) in [6.45, 7) is 4.30. The van der Waals surface area contributed by atoms with Crippen LogP contribution in [0.4, 0.5) is 0 Å². The van der Waals surface area contributed by atoms with Gasteiger partial charge in [-0.25, -0.2) is 23.3 Å². The van der Waals surface area contributed by atoms with Gasteiger partial charge in [0.1, 0.15) is 0 Å². The van der Waals surface area contributed by atoms with Gasteiger partial charge in [0, 0.05) is 0 Å². The largest absolute Gasteiger partial charge is 2.00 e. The molecule has 15 heavy (non-hydrogen) atoms. The van der Waals surface area contributed by atoms with Gasteiger partial charge in [-0.1, -0.05) is 26.7 Å². The summed E-state index contributed by atoms with van der Waals surface area (Å²) >= 11 is 0. The van der Waals surface area contributed by atoms with Crippen LogP contribution >= 0.6 is 0 Å². The van der Waals surface area contributed by atoms with Crippen molar-refractivity contribution in [3.8, 4) is 0 Å². The Kier molecular flexibility index (Phi) is 8.61. The molecule has 0 fully saturated rings. The molecule has 0 heterocycles. The first-order valence-electron chi connectivity index (χ1n) is 5.39. The molecule has 0 radical (unpaired) electrons. The van der Waals surface area contributed by atoms with Crippen molar-refractivity contribution < 1.29 is 19.5 Å². The molecule has 0 aromatic carbocycles. The molecule has 2 rings (SSSR count). The molecule has 0 saturated carbocycles. The number of hydrogen-bond acceptors (Lipinski definition) is 0. The molecule has 0 aromatic rings. The summed E-state index contributed by atoms with van der Waals surface area (Å²) in [5.74, 6) is 0. The standard InChI is InChI=1S/2C7H9.Ru/c2*1-2-7-5-3-4-6-7;/h2*3,5H,2,4H2,1H3;/q2*-1;+2. The monoisotopic (exact) mass is 288 g/mol. The molecular formula is C14H18Ru. The first-order chi connectivity index (χ1) is 6.86. The molecule has 0 bridgehead atoms. The zero-order valence-corrected chi connectivity index (χ0v) is 11.2. The van der Waals surface area contributed by atoms with Gasteiger partial charge in [-0.05, 0) is 0 Å². The minimum Gasteiger partial charge on any atom is -0.270 e. The van der Waals surface area contributed by atoms with Gasteiger partial charge in [0.05, 0.1) is 0 Å². The van der Waals surface area contributed by atoms with Crippen LogP contribution in [0.2, 0.25) is 0 Å². The Morgan fingerprint density at radius 2 is 1.33 bits per heavy atom. The fraction of sp³-hybridized carbons (Fsp3) is 0.429. The molecule has 0 saturated heterocycles. The third-order valence-corrected chi connectivity index (χ3v) is 2.29. The van der Waals surface area contributed by atoms with E-state index in [0.717, 1.165) is 25.7 Å². The van der Waals surface area contributed by atoms with Crippen LogP contribution in [0.15, 0.2) is 35.5 Å². The summed E-state index contributed by atoms with van der Waals surface area (Å²) in [5.41, 5.74) is 2.72. The van der Waals surface area contributed by atoms with Crippen molar-refractivity contribution in [2.24, 2.45) is 0 Å². The second-order valence-corrected chi connectivity index (χ2v) is 3.32. The van der Waals surface area contributed by atoms with Crippen LogP contribution < -0.4 is 0 Å². The van der Waals surface area contributed by atoms with E-state index in [0.29, 0.717) is 0 Å². The molecule has 0 spiro atoms. The Labute approximate surface area is 107 Å². The van der Waals surface area contributed by atoms with Gasteiger partial charge in [-0.15, -0.1) is 12.8 Å². The fourth-order valence-electron chi connectivity index (χ4n) is 1.39. The zero-order valence-electron chi connectivity index (χ0n) is 9.49. The average molecular weight is 287 g/mol. The normalized spacial score (nSPS) is 16.4. The first kappa shape index (κ1) is 14.6. The van der Waals surface area contributed by atoms with Crippen LogP contribution in [0.5, 0.6) is 0 Å². The molecule has 0 aromatic heterocycles. The van der Waals surface area contributed by atoms with Crippen LogP contribution in [0, 0.1) is 12.2 Å². The molecule has 0 amide bonds. The second kappa shape index (κ2) is 8.86. The smallest absolute Gasteiger partial charge is 0.270 e. The van der Waals surface area contributed by atoms with Crippen LogP contribution in [0.3, 0.4) is 0 Å². The third-order valence-electron chi connectivity index (χ3n) is 2.29. The Bertz CT molecular complexity index is 250. The van der Waals surface area contributed by atoms with Crippen molar-refractivity contribution in [1.29, 1.82) is 0 Å². The maximum absolute atomic E-state index is 3.21. The zero-order chi connectivity index (χ0) is 10.2. The molecule has 0 N–H and O–H groups in total. The van der Waals surface area contributed by atoms with Gasteiger partial charge in [0.15, 0.2) is 0 Å². The summed E-state index contributed by atoms with van der Waals surface area (Å²) in [6.07, 6.45) is 19.3.